The molecule has 4 nitrogen and oxygen atoms in total. The summed E-state index contributed by atoms with van der Waals surface area (Å²) in [5, 5.41) is 21.4. The Morgan fingerprint density at radius 2 is 1.89 bits per heavy atom. The normalized spacial score (nSPS) is 11.3. The number of nitrogens with one attached hydrogen (secondary N) is 1. The molecule has 4 heteroatoms. The Morgan fingerprint density at radius 1 is 1.21 bits per heavy atom. The molecule has 1 amide bonds. The maximum atomic E-state index is 11.6. The van der Waals surface area contributed by atoms with Gasteiger partial charge >= 0.3 is 0 Å². The first-order valence-electron chi connectivity index (χ1n) is 6.55. The third-order valence-corrected chi connectivity index (χ3v) is 2.88. The number of carbonyl (C=O) groups is 1. The van der Waals surface area contributed by atoms with Crippen LogP contribution in [0.2, 0.25) is 0 Å². The van der Waals surface area contributed by atoms with Gasteiger partial charge in [0.1, 0.15) is 0 Å². The van der Waals surface area contributed by atoms with Crippen molar-refractivity contribution >= 4 is 5.91 Å². The first-order valence-corrected chi connectivity index (χ1v) is 6.55. The molecule has 0 radical (unpaired) electrons. The number of hydrogen-bond donors (Lipinski definition) is 3. The van der Waals surface area contributed by atoms with Crippen molar-refractivity contribution in [1.82, 2.24) is 5.32 Å². The molecule has 0 unspecified atom stereocenters. The zero-order valence-corrected chi connectivity index (χ0v) is 11.9. The molecule has 0 spiro atoms. The molecule has 106 valence electrons. The van der Waals surface area contributed by atoms with Crippen LogP contribution in [0.1, 0.15) is 39.2 Å². The Bertz CT molecular complexity index is 436. The van der Waals surface area contributed by atoms with E-state index in [1.165, 1.54) is 12.1 Å². The Kier molecular flexibility index (Phi) is 5.21. The lowest BCUT2D eigenvalue weighted by molar-refractivity contribution is -0.121. The largest absolute Gasteiger partial charge is 0.504 e. The lowest BCUT2D eigenvalue weighted by atomic mass is 9.90. The van der Waals surface area contributed by atoms with Crippen molar-refractivity contribution in [3.63, 3.8) is 0 Å². The van der Waals surface area contributed by atoms with Crippen molar-refractivity contribution in [2.45, 2.75) is 40.0 Å². The molecule has 0 fully saturated rings. The molecule has 19 heavy (non-hydrogen) atoms. The van der Waals surface area contributed by atoms with E-state index in [-0.39, 0.29) is 22.8 Å². The molecule has 0 saturated heterocycles. The summed E-state index contributed by atoms with van der Waals surface area (Å²) >= 11 is 0. The lowest BCUT2D eigenvalue weighted by Gasteiger charge is -2.17. The Morgan fingerprint density at radius 3 is 2.47 bits per heavy atom. The zero-order valence-electron chi connectivity index (χ0n) is 11.9. The minimum absolute atomic E-state index is 0.0536. The van der Waals surface area contributed by atoms with Gasteiger partial charge in [-0.1, -0.05) is 26.8 Å². The number of amides is 1. The summed E-state index contributed by atoms with van der Waals surface area (Å²) < 4.78 is 0. The summed E-state index contributed by atoms with van der Waals surface area (Å²) in [4.78, 5) is 11.6. The van der Waals surface area contributed by atoms with Crippen molar-refractivity contribution in [3.05, 3.63) is 23.8 Å². The third-order valence-electron chi connectivity index (χ3n) is 2.88. The molecule has 0 saturated carbocycles. The predicted octanol–water partition coefficient (Wildman–Crippen LogP) is 2.58. The van der Waals surface area contributed by atoms with E-state index in [1.807, 2.05) is 0 Å². The van der Waals surface area contributed by atoms with E-state index in [9.17, 15) is 15.0 Å². The monoisotopic (exact) mass is 265 g/mol. The van der Waals surface area contributed by atoms with Crippen LogP contribution in [-0.2, 0) is 11.2 Å². The SMILES string of the molecule is CC(C)(C)CCC(=O)NCCc1ccc(O)c(O)c1. The van der Waals surface area contributed by atoms with Gasteiger partial charge in [-0.2, -0.15) is 0 Å². The first-order chi connectivity index (χ1) is 8.78. The number of hydrogen-bond acceptors (Lipinski definition) is 3. The highest BCUT2D eigenvalue weighted by molar-refractivity contribution is 5.75. The summed E-state index contributed by atoms with van der Waals surface area (Å²) in [6.07, 6.45) is 2.03. The van der Waals surface area contributed by atoms with Gasteiger partial charge in [-0.15, -0.1) is 0 Å². The smallest absolute Gasteiger partial charge is 0.220 e. The van der Waals surface area contributed by atoms with Gasteiger partial charge in [-0.25, -0.2) is 0 Å². The number of phenolic OH excluding ortho intramolecular Hbond substituents is 2. The second-order valence-electron chi connectivity index (χ2n) is 5.98. The minimum Gasteiger partial charge on any atom is -0.504 e. The third kappa shape index (κ3) is 6.13. The average molecular weight is 265 g/mol. The maximum absolute atomic E-state index is 11.6. The highest BCUT2D eigenvalue weighted by Crippen LogP contribution is 2.24. The van der Waals surface area contributed by atoms with E-state index in [4.69, 9.17) is 0 Å². The van der Waals surface area contributed by atoms with Gasteiger partial charge in [0.05, 0.1) is 0 Å². The molecule has 0 aliphatic heterocycles. The summed E-state index contributed by atoms with van der Waals surface area (Å²) in [6.45, 7) is 6.87. The number of benzene rings is 1. The molecule has 3 N–H and O–H groups in total. The van der Waals surface area contributed by atoms with E-state index < -0.39 is 0 Å². The van der Waals surface area contributed by atoms with Crippen LogP contribution in [0.25, 0.3) is 0 Å². The lowest BCUT2D eigenvalue weighted by Crippen LogP contribution is -2.26. The van der Waals surface area contributed by atoms with Crippen LogP contribution < -0.4 is 5.32 Å². The zero-order chi connectivity index (χ0) is 14.5. The van der Waals surface area contributed by atoms with E-state index in [0.717, 1.165) is 12.0 Å². The summed E-state index contributed by atoms with van der Waals surface area (Å²) in [7, 11) is 0. The van der Waals surface area contributed by atoms with Crippen molar-refractivity contribution in [2.24, 2.45) is 5.41 Å². The van der Waals surface area contributed by atoms with Crippen molar-refractivity contribution in [1.29, 1.82) is 0 Å². The highest BCUT2D eigenvalue weighted by Gasteiger charge is 2.12. The summed E-state index contributed by atoms with van der Waals surface area (Å²) in [5.74, 6) is -0.201. The molecular weight excluding hydrogens is 242 g/mol. The van der Waals surface area contributed by atoms with Gasteiger partial charge in [-0.05, 0) is 36.0 Å². The molecule has 0 aliphatic carbocycles. The van der Waals surface area contributed by atoms with Gasteiger partial charge in [-0.3, -0.25) is 4.79 Å². The van der Waals surface area contributed by atoms with Gasteiger partial charge in [0.15, 0.2) is 11.5 Å². The molecule has 1 aromatic carbocycles. The van der Waals surface area contributed by atoms with Crippen LogP contribution in [0.5, 0.6) is 11.5 Å². The fourth-order valence-corrected chi connectivity index (χ4v) is 1.65. The van der Waals surface area contributed by atoms with Crippen molar-refractivity contribution in [2.75, 3.05) is 6.54 Å². The quantitative estimate of drug-likeness (QED) is 0.717. The molecule has 0 bridgehead atoms. The standard InChI is InChI=1S/C15H23NO3/c1-15(2,3)8-6-14(19)16-9-7-11-4-5-12(17)13(18)10-11/h4-5,10,17-18H,6-9H2,1-3H3,(H,16,19). The number of phenols is 2. The van der Waals surface area contributed by atoms with Gasteiger partial charge in [0.2, 0.25) is 5.91 Å². The highest BCUT2D eigenvalue weighted by atomic mass is 16.3. The second-order valence-corrected chi connectivity index (χ2v) is 5.98. The molecule has 1 aromatic rings. The van der Waals surface area contributed by atoms with E-state index in [0.29, 0.717) is 19.4 Å². The first kappa shape index (κ1) is 15.3. The average Bonchev–Trinajstić information content (AvgIpc) is 2.30. The van der Waals surface area contributed by atoms with Crippen LogP contribution in [0, 0.1) is 5.41 Å². The van der Waals surface area contributed by atoms with Crippen LogP contribution in [0.15, 0.2) is 18.2 Å². The van der Waals surface area contributed by atoms with Crippen molar-refractivity contribution < 1.29 is 15.0 Å². The topological polar surface area (TPSA) is 69.6 Å². The van der Waals surface area contributed by atoms with Crippen LogP contribution in [-0.4, -0.2) is 22.7 Å². The molecular formula is C15H23NO3. The summed E-state index contributed by atoms with van der Waals surface area (Å²) in [5.41, 5.74) is 1.05. The number of carbonyl (C=O) groups excluding carboxylic acids is 1. The second kappa shape index (κ2) is 6.45. The number of aromatic hydroxyl groups is 2. The predicted molar refractivity (Wildman–Crippen MR) is 75.2 cm³/mol. The maximum Gasteiger partial charge on any atom is 0.220 e. The van der Waals surface area contributed by atoms with E-state index in [1.54, 1.807) is 6.07 Å². The number of rotatable bonds is 5. The van der Waals surface area contributed by atoms with Crippen molar-refractivity contribution in [3.8, 4) is 11.5 Å². The van der Waals surface area contributed by atoms with Gasteiger partial charge in [0.25, 0.3) is 0 Å². The van der Waals surface area contributed by atoms with Gasteiger partial charge < -0.3 is 15.5 Å². The molecule has 0 atom stereocenters. The Balaban J connectivity index is 2.30. The Labute approximate surface area is 114 Å². The molecule has 0 heterocycles. The van der Waals surface area contributed by atoms with E-state index in [2.05, 4.69) is 26.1 Å². The minimum atomic E-state index is -0.128. The molecule has 0 aromatic heterocycles. The van der Waals surface area contributed by atoms with Gasteiger partial charge in [0, 0.05) is 13.0 Å². The summed E-state index contributed by atoms with van der Waals surface area (Å²) in [6, 6.07) is 4.69. The fourth-order valence-electron chi connectivity index (χ4n) is 1.65. The Hall–Kier alpha value is -1.71. The van der Waals surface area contributed by atoms with Crippen LogP contribution >= 0.6 is 0 Å². The van der Waals surface area contributed by atoms with Crippen LogP contribution in [0.3, 0.4) is 0 Å². The van der Waals surface area contributed by atoms with Crippen LogP contribution in [0.4, 0.5) is 0 Å². The molecule has 0 aliphatic rings. The van der Waals surface area contributed by atoms with E-state index >= 15 is 0 Å². The fraction of sp³-hybridized carbons (Fsp3) is 0.533. The molecule has 1 rings (SSSR count).